The molecule has 1 N–H and O–H groups in total. The second-order valence-electron chi connectivity index (χ2n) is 5.26. The number of amides is 2. The molecule has 0 saturated heterocycles. The lowest BCUT2D eigenvalue weighted by Crippen LogP contribution is -2.38. The second-order valence-corrected chi connectivity index (χ2v) is 5.26. The number of aromatic nitrogens is 1. The minimum atomic E-state index is -0.365. The highest BCUT2D eigenvalue weighted by atomic mass is 16.5. The first kappa shape index (κ1) is 18.3. The number of ether oxygens (including phenoxy) is 2. The van der Waals surface area contributed by atoms with Crippen LogP contribution in [0, 0.1) is 6.92 Å². The zero-order chi connectivity index (χ0) is 18.4. The van der Waals surface area contributed by atoms with Gasteiger partial charge in [0.05, 0.1) is 19.8 Å². The highest BCUT2D eigenvalue weighted by Gasteiger charge is 2.21. The summed E-state index contributed by atoms with van der Waals surface area (Å²) in [6, 6.07) is 6.51. The molecule has 0 aliphatic carbocycles. The van der Waals surface area contributed by atoms with Crippen molar-refractivity contribution in [3.63, 3.8) is 0 Å². The minimum Gasteiger partial charge on any atom is -0.497 e. The van der Waals surface area contributed by atoms with Gasteiger partial charge in [0.1, 0.15) is 23.8 Å². The van der Waals surface area contributed by atoms with Crippen LogP contribution in [0.4, 0.5) is 5.82 Å². The summed E-state index contributed by atoms with van der Waals surface area (Å²) < 4.78 is 15.3. The molecule has 134 valence electrons. The number of likely N-dealkylation sites (N-methyl/N-ethyl adjacent to an activating group) is 1. The normalized spacial score (nSPS) is 10.2. The van der Waals surface area contributed by atoms with E-state index in [-0.39, 0.29) is 18.4 Å². The molecule has 2 aromatic rings. The van der Waals surface area contributed by atoms with Gasteiger partial charge in [-0.15, -0.1) is 0 Å². The van der Waals surface area contributed by atoms with Crippen LogP contribution >= 0.6 is 0 Å². The Balaban J connectivity index is 2.11. The first-order chi connectivity index (χ1) is 12.0. The number of methoxy groups -OCH3 is 2. The van der Waals surface area contributed by atoms with Crippen molar-refractivity contribution < 1.29 is 23.6 Å². The standard InChI is InChI=1S/C17H21N3O5/c1-5-20(10-16(21)18-15-8-11(2)25-19-15)17(22)13-7-6-12(23-3)9-14(13)24-4/h6-9H,5,10H2,1-4H3,(H,18,19,21). The number of nitrogens with one attached hydrogen (secondary N) is 1. The highest BCUT2D eigenvalue weighted by molar-refractivity contribution is 6.00. The van der Waals surface area contributed by atoms with Gasteiger partial charge in [0.2, 0.25) is 5.91 Å². The third-order valence-electron chi connectivity index (χ3n) is 3.54. The average Bonchev–Trinajstić information content (AvgIpc) is 3.03. The minimum absolute atomic E-state index is 0.115. The van der Waals surface area contributed by atoms with E-state index in [1.165, 1.54) is 19.1 Å². The molecule has 0 atom stereocenters. The van der Waals surface area contributed by atoms with Crippen LogP contribution < -0.4 is 14.8 Å². The third-order valence-corrected chi connectivity index (χ3v) is 3.54. The zero-order valence-corrected chi connectivity index (χ0v) is 14.7. The predicted molar refractivity (Wildman–Crippen MR) is 91.0 cm³/mol. The van der Waals surface area contributed by atoms with E-state index < -0.39 is 0 Å². The van der Waals surface area contributed by atoms with Crippen LogP contribution in [0.5, 0.6) is 11.5 Å². The molecule has 0 bridgehead atoms. The van der Waals surface area contributed by atoms with E-state index in [0.29, 0.717) is 35.2 Å². The Hall–Kier alpha value is -3.03. The van der Waals surface area contributed by atoms with Crippen LogP contribution in [0.2, 0.25) is 0 Å². The molecule has 25 heavy (non-hydrogen) atoms. The van der Waals surface area contributed by atoms with Crippen molar-refractivity contribution in [1.82, 2.24) is 10.1 Å². The molecule has 1 aromatic carbocycles. The van der Waals surface area contributed by atoms with E-state index in [1.54, 1.807) is 38.1 Å². The van der Waals surface area contributed by atoms with Crippen molar-refractivity contribution in [2.75, 3.05) is 32.6 Å². The molecule has 8 heteroatoms. The maximum absolute atomic E-state index is 12.7. The van der Waals surface area contributed by atoms with E-state index in [9.17, 15) is 9.59 Å². The molecule has 2 rings (SSSR count). The summed E-state index contributed by atoms with van der Waals surface area (Å²) in [6.45, 7) is 3.76. The zero-order valence-electron chi connectivity index (χ0n) is 14.7. The van der Waals surface area contributed by atoms with Gasteiger partial charge in [-0.25, -0.2) is 0 Å². The van der Waals surface area contributed by atoms with Crippen molar-refractivity contribution in [3.8, 4) is 11.5 Å². The van der Waals surface area contributed by atoms with Crippen LogP contribution in [-0.2, 0) is 4.79 Å². The molecule has 2 amide bonds. The lowest BCUT2D eigenvalue weighted by molar-refractivity contribution is -0.116. The van der Waals surface area contributed by atoms with Crippen LogP contribution in [-0.4, -0.2) is 49.2 Å². The van der Waals surface area contributed by atoms with Gasteiger partial charge in [0.15, 0.2) is 5.82 Å². The topological polar surface area (TPSA) is 93.9 Å². The Morgan fingerprint density at radius 2 is 2.00 bits per heavy atom. The monoisotopic (exact) mass is 347 g/mol. The Kier molecular flexibility index (Phi) is 5.99. The van der Waals surface area contributed by atoms with E-state index in [4.69, 9.17) is 14.0 Å². The molecule has 0 aliphatic rings. The Bertz CT molecular complexity index is 756. The summed E-state index contributed by atoms with van der Waals surface area (Å²) in [6.07, 6.45) is 0. The average molecular weight is 347 g/mol. The summed E-state index contributed by atoms with van der Waals surface area (Å²) in [5.74, 6) is 1.19. The fourth-order valence-electron chi connectivity index (χ4n) is 2.25. The number of benzene rings is 1. The van der Waals surface area contributed by atoms with Gasteiger partial charge < -0.3 is 24.2 Å². The molecule has 0 aliphatic heterocycles. The summed E-state index contributed by atoms with van der Waals surface area (Å²) in [7, 11) is 3.01. The highest BCUT2D eigenvalue weighted by Crippen LogP contribution is 2.25. The molecule has 1 aromatic heterocycles. The summed E-state index contributed by atoms with van der Waals surface area (Å²) in [4.78, 5) is 26.3. The van der Waals surface area contributed by atoms with Crippen LogP contribution in [0.3, 0.4) is 0 Å². The number of carbonyl (C=O) groups is 2. The van der Waals surface area contributed by atoms with Crippen molar-refractivity contribution in [2.45, 2.75) is 13.8 Å². The molecular formula is C17H21N3O5. The SMILES string of the molecule is CCN(CC(=O)Nc1cc(C)on1)C(=O)c1ccc(OC)cc1OC. The fourth-order valence-corrected chi connectivity index (χ4v) is 2.25. The van der Waals surface area contributed by atoms with E-state index >= 15 is 0 Å². The molecule has 0 spiro atoms. The summed E-state index contributed by atoms with van der Waals surface area (Å²) >= 11 is 0. The molecular weight excluding hydrogens is 326 g/mol. The number of aryl methyl sites for hydroxylation is 1. The number of carbonyl (C=O) groups excluding carboxylic acids is 2. The van der Waals surface area contributed by atoms with Crippen molar-refractivity contribution in [2.24, 2.45) is 0 Å². The maximum Gasteiger partial charge on any atom is 0.258 e. The molecule has 1 heterocycles. The van der Waals surface area contributed by atoms with Crippen molar-refractivity contribution in [3.05, 3.63) is 35.6 Å². The maximum atomic E-state index is 12.7. The number of rotatable bonds is 7. The Morgan fingerprint density at radius 1 is 1.24 bits per heavy atom. The van der Waals surface area contributed by atoms with Crippen LogP contribution in [0.25, 0.3) is 0 Å². The molecule has 0 radical (unpaired) electrons. The van der Waals surface area contributed by atoms with Crippen LogP contribution in [0.1, 0.15) is 23.0 Å². The third kappa shape index (κ3) is 4.50. The number of hydrogen-bond acceptors (Lipinski definition) is 6. The van der Waals surface area contributed by atoms with Crippen molar-refractivity contribution in [1.29, 1.82) is 0 Å². The second kappa shape index (κ2) is 8.18. The fraction of sp³-hybridized carbons (Fsp3) is 0.353. The van der Waals surface area contributed by atoms with Crippen molar-refractivity contribution >= 4 is 17.6 Å². The smallest absolute Gasteiger partial charge is 0.258 e. The largest absolute Gasteiger partial charge is 0.497 e. The van der Waals surface area contributed by atoms with E-state index in [0.717, 1.165) is 0 Å². The first-order valence-electron chi connectivity index (χ1n) is 7.73. The predicted octanol–water partition coefficient (Wildman–Crippen LogP) is 2.10. The lowest BCUT2D eigenvalue weighted by Gasteiger charge is -2.21. The summed E-state index contributed by atoms with van der Waals surface area (Å²) in [5.41, 5.74) is 0.357. The Labute approximate surface area is 145 Å². The number of hydrogen-bond donors (Lipinski definition) is 1. The van der Waals surface area contributed by atoms with Gasteiger partial charge in [-0.1, -0.05) is 5.16 Å². The summed E-state index contributed by atoms with van der Waals surface area (Å²) in [5, 5.41) is 6.29. The van der Waals surface area contributed by atoms with Gasteiger partial charge in [0.25, 0.3) is 5.91 Å². The van der Waals surface area contributed by atoms with Gasteiger partial charge in [0, 0.05) is 18.7 Å². The lowest BCUT2D eigenvalue weighted by atomic mass is 10.1. The molecule has 8 nitrogen and oxygen atoms in total. The molecule has 0 fully saturated rings. The van der Waals surface area contributed by atoms with Gasteiger partial charge >= 0.3 is 0 Å². The molecule has 0 unspecified atom stereocenters. The van der Waals surface area contributed by atoms with Gasteiger partial charge in [-0.05, 0) is 26.0 Å². The number of anilines is 1. The Morgan fingerprint density at radius 3 is 2.56 bits per heavy atom. The quantitative estimate of drug-likeness (QED) is 0.824. The van der Waals surface area contributed by atoms with Gasteiger partial charge in [-0.2, -0.15) is 0 Å². The van der Waals surface area contributed by atoms with Crippen LogP contribution in [0.15, 0.2) is 28.8 Å². The first-order valence-corrected chi connectivity index (χ1v) is 7.73. The molecule has 0 saturated carbocycles. The van der Waals surface area contributed by atoms with Gasteiger partial charge in [-0.3, -0.25) is 9.59 Å². The van der Waals surface area contributed by atoms with E-state index in [1.807, 2.05) is 0 Å². The number of nitrogens with zero attached hydrogens (tertiary/aromatic N) is 2. The van der Waals surface area contributed by atoms with E-state index in [2.05, 4.69) is 10.5 Å².